The van der Waals surface area contributed by atoms with E-state index in [1.54, 1.807) is 18.6 Å². The van der Waals surface area contributed by atoms with E-state index in [4.69, 9.17) is 14.5 Å². The van der Waals surface area contributed by atoms with Crippen molar-refractivity contribution in [2.75, 3.05) is 13.7 Å². The second-order valence-corrected chi connectivity index (χ2v) is 12.3. The predicted octanol–water partition coefficient (Wildman–Crippen LogP) is 6.11. The highest BCUT2D eigenvalue weighted by molar-refractivity contribution is 9.10. The molecular weight excluding hydrogens is 638 g/mol. The molecule has 0 spiro atoms. The summed E-state index contributed by atoms with van der Waals surface area (Å²) in [6, 6.07) is 26.4. The summed E-state index contributed by atoms with van der Waals surface area (Å²) in [6.45, 7) is 6.06. The molecule has 0 radical (unpaired) electrons. The minimum absolute atomic E-state index is 0.193. The Morgan fingerprint density at radius 2 is 1.73 bits per heavy atom. The van der Waals surface area contributed by atoms with Crippen LogP contribution in [0.25, 0.3) is 17.5 Å². The SMILES string of the molecule is CCOC(=O)C1=C(c2ccccc2)N=c2s/c(=C\c3cc(C)n(-c4ccc(Br)cc4)c3C)c(=O)n2[C@@H]1c1ccc(OC)cc1. The van der Waals surface area contributed by atoms with Gasteiger partial charge in [-0.3, -0.25) is 9.36 Å². The lowest BCUT2D eigenvalue weighted by Crippen LogP contribution is -2.40. The van der Waals surface area contributed by atoms with Crippen LogP contribution >= 0.6 is 27.3 Å². The normalized spacial score (nSPS) is 14.8. The maximum absolute atomic E-state index is 14.3. The number of fused-ring (bicyclic) bond motifs is 1. The highest BCUT2D eigenvalue weighted by atomic mass is 79.9. The van der Waals surface area contributed by atoms with Gasteiger partial charge in [0.05, 0.1) is 35.6 Å². The molecule has 0 aliphatic carbocycles. The fourth-order valence-corrected chi connectivity index (χ4v) is 6.86. The van der Waals surface area contributed by atoms with Crippen LogP contribution < -0.4 is 19.6 Å². The van der Waals surface area contributed by atoms with Crippen molar-refractivity contribution in [2.45, 2.75) is 26.8 Å². The maximum atomic E-state index is 14.3. The van der Waals surface area contributed by atoms with E-state index in [2.05, 4.69) is 45.6 Å². The molecule has 0 unspecified atom stereocenters. The van der Waals surface area contributed by atoms with Crippen LogP contribution in [0.4, 0.5) is 0 Å². The van der Waals surface area contributed by atoms with Gasteiger partial charge in [-0.1, -0.05) is 69.7 Å². The van der Waals surface area contributed by atoms with Gasteiger partial charge in [-0.2, -0.15) is 0 Å². The largest absolute Gasteiger partial charge is 0.497 e. The topological polar surface area (TPSA) is 74.8 Å². The molecule has 5 aromatic rings. The Kier molecular flexibility index (Phi) is 8.25. The number of methoxy groups -OCH3 is 1. The monoisotopic (exact) mass is 667 g/mol. The van der Waals surface area contributed by atoms with E-state index in [1.165, 1.54) is 11.3 Å². The van der Waals surface area contributed by atoms with Crippen molar-refractivity contribution >= 4 is 45.0 Å². The van der Waals surface area contributed by atoms with Gasteiger partial charge in [0.25, 0.3) is 5.56 Å². The average molecular weight is 669 g/mol. The van der Waals surface area contributed by atoms with Gasteiger partial charge in [0, 0.05) is 27.1 Å². The van der Waals surface area contributed by atoms with Crippen molar-refractivity contribution in [3.63, 3.8) is 0 Å². The molecule has 2 aromatic heterocycles. The lowest BCUT2D eigenvalue weighted by molar-refractivity contribution is -0.138. The number of ether oxygens (including phenoxy) is 2. The Balaban J connectivity index is 1.59. The molecule has 0 amide bonds. The van der Waals surface area contributed by atoms with Gasteiger partial charge in [0.15, 0.2) is 4.80 Å². The number of nitrogens with zero attached hydrogens (tertiary/aromatic N) is 3. The zero-order valence-electron chi connectivity index (χ0n) is 24.7. The summed E-state index contributed by atoms with van der Waals surface area (Å²) in [6.07, 6.45) is 1.92. The first-order valence-corrected chi connectivity index (χ1v) is 15.8. The second-order valence-electron chi connectivity index (χ2n) is 10.3. The van der Waals surface area contributed by atoms with Crippen LogP contribution in [0.1, 0.15) is 41.0 Å². The van der Waals surface area contributed by atoms with E-state index in [1.807, 2.05) is 79.7 Å². The Hall–Kier alpha value is -4.47. The van der Waals surface area contributed by atoms with Crippen LogP contribution in [-0.4, -0.2) is 28.8 Å². The Morgan fingerprint density at radius 3 is 2.39 bits per heavy atom. The van der Waals surface area contributed by atoms with Crippen LogP contribution in [0.3, 0.4) is 0 Å². The molecule has 44 heavy (non-hydrogen) atoms. The third-order valence-electron chi connectivity index (χ3n) is 7.65. The number of thiazole rings is 1. The molecule has 1 atom stereocenters. The Bertz CT molecular complexity index is 2070. The zero-order chi connectivity index (χ0) is 31.0. The minimum atomic E-state index is -0.747. The number of carbonyl (C=O) groups excluding carboxylic acids is 1. The third kappa shape index (κ3) is 5.37. The summed E-state index contributed by atoms with van der Waals surface area (Å²) in [7, 11) is 1.60. The highest BCUT2D eigenvalue weighted by Gasteiger charge is 2.35. The second kappa shape index (κ2) is 12.3. The number of hydrogen-bond acceptors (Lipinski definition) is 6. The van der Waals surface area contributed by atoms with Crippen molar-refractivity contribution in [2.24, 2.45) is 4.99 Å². The summed E-state index contributed by atoms with van der Waals surface area (Å²) in [4.78, 5) is 33.4. The van der Waals surface area contributed by atoms with E-state index >= 15 is 0 Å². The van der Waals surface area contributed by atoms with E-state index in [0.717, 1.165) is 38.2 Å². The first kappa shape index (κ1) is 29.6. The number of aromatic nitrogens is 2. The first-order valence-electron chi connectivity index (χ1n) is 14.2. The maximum Gasteiger partial charge on any atom is 0.338 e. The average Bonchev–Trinajstić information content (AvgIpc) is 3.50. The van der Waals surface area contributed by atoms with Gasteiger partial charge >= 0.3 is 5.97 Å². The number of rotatable bonds is 7. The number of esters is 1. The molecule has 3 aromatic carbocycles. The number of hydrogen-bond donors (Lipinski definition) is 0. The van der Waals surface area contributed by atoms with Crippen LogP contribution in [0.2, 0.25) is 0 Å². The van der Waals surface area contributed by atoms with Crippen molar-refractivity contribution in [1.82, 2.24) is 9.13 Å². The molecule has 6 rings (SSSR count). The molecule has 3 heterocycles. The molecule has 7 nitrogen and oxygen atoms in total. The molecule has 0 N–H and O–H groups in total. The van der Waals surface area contributed by atoms with Gasteiger partial charge < -0.3 is 14.0 Å². The number of benzene rings is 3. The molecule has 1 aliphatic rings. The lowest BCUT2D eigenvalue weighted by atomic mass is 9.93. The summed E-state index contributed by atoms with van der Waals surface area (Å²) >= 11 is 4.82. The minimum Gasteiger partial charge on any atom is -0.497 e. The Labute approximate surface area is 267 Å². The van der Waals surface area contributed by atoms with Gasteiger partial charge in [0.2, 0.25) is 0 Å². The van der Waals surface area contributed by atoms with E-state index in [-0.39, 0.29) is 12.2 Å². The smallest absolute Gasteiger partial charge is 0.338 e. The lowest BCUT2D eigenvalue weighted by Gasteiger charge is -2.26. The van der Waals surface area contributed by atoms with E-state index in [9.17, 15) is 9.59 Å². The number of carbonyl (C=O) groups is 1. The van der Waals surface area contributed by atoms with Crippen LogP contribution in [0.5, 0.6) is 5.75 Å². The number of halogens is 1. The summed E-state index contributed by atoms with van der Waals surface area (Å²) in [5, 5.41) is 0. The molecule has 0 fully saturated rings. The highest BCUT2D eigenvalue weighted by Crippen LogP contribution is 2.35. The van der Waals surface area contributed by atoms with Crippen LogP contribution in [0, 0.1) is 13.8 Å². The van der Waals surface area contributed by atoms with E-state index < -0.39 is 12.0 Å². The fraction of sp³-hybridized carbons (Fsp3) is 0.171. The first-order chi connectivity index (χ1) is 21.3. The van der Waals surface area contributed by atoms with Gasteiger partial charge in [-0.05, 0) is 80.4 Å². The third-order valence-corrected chi connectivity index (χ3v) is 9.16. The van der Waals surface area contributed by atoms with Crippen molar-refractivity contribution in [1.29, 1.82) is 0 Å². The summed E-state index contributed by atoms with van der Waals surface area (Å²) < 4.78 is 16.3. The van der Waals surface area contributed by atoms with Gasteiger partial charge in [-0.15, -0.1) is 0 Å². The predicted molar refractivity (Wildman–Crippen MR) is 177 cm³/mol. The van der Waals surface area contributed by atoms with Gasteiger partial charge in [-0.25, -0.2) is 9.79 Å². The molecule has 0 bridgehead atoms. The quantitative estimate of drug-likeness (QED) is 0.196. The fourth-order valence-electron chi connectivity index (χ4n) is 5.60. The van der Waals surface area contributed by atoms with E-state index in [0.29, 0.717) is 26.4 Å². The van der Waals surface area contributed by atoms with Crippen LogP contribution in [-0.2, 0) is 9.53 Å². The standard InChI is InChI=1S/C35H30BrN3O4S/c1-5-43-34(41)30-31(23-9-7-6-8-10-23)37-35-39(32(30)24-11-17-28(42-4)18-12-24)33(40)29(44-35)20-25-19-21(2)38(22(25)3)27-15-13-26(36)14-16-27/h6-20,32H,5H2,1-4H3/b29-20-/t32-/m1/s1. The summed E-state index contributed by atoms with van der Waals surface area (Å²) in [5.41, 5.74) is 6.14. The summed E-state index contributed by atoms with van der Waals surface area (Å²) in [5.74, 6) is 0.162. The van der Waals surface area contributed by atoms with Crippen LogP contribution in [0.15, 0.2) is 105 Å². The number of aryl methyl sites for hydroxylation is 1. The molecule has 222 valence electrons. The molecule has 0 saturated carbocycles. The molecular formula is C35H30BrN3O4S. The van der Waals surface area contributed by atoms with Crippen molar-refractivity contribution in [3.8, 4) is 11.4 Å². The van der Waals surface area contributed by atoms with Crippen molar-refractivity contribution < 1.29 is 14.3 Å². The molecule has 0 saturated heterocycles. The molecule has 9 heteroatoms. The zero-order valence-corrected chi connectivity index (χ0v) is 27.1. The molecule has 1 aliphatic heterocycles. The Morgan fingerprint density at radius 1 is 1.02 bits per heavy atom. The van der Waals surface area contributed by atoms with Crippen molar-refractivity contribution in [3.05, 3.63) is 143 Å². The van der Waals surface area contributed by atoms with Gasteiger partial charge in [0.1, 0.15) is 5.75 Å².